The SMILES string of the molecule is CCOC(=O)C1=C(N)Oc2ccccc2C1c1cc(C)c2cc(C(C)C)ccc(C)c1-2. The fourth-order valence-corrected chi connectivity index (χ4v) is 4.50. The van der Waals surface area contributed by atoms with Crippen molar-refractivity contribution in [2.45, 2.75) is 46.5 Å². The fourth-order valence-electron chi connectivity index (χ4n) is 4.50. The summed E-state index contributed by atoms with van der Waals surface area (Å²) in [5.41, 5.74) is 14.6. The molecular formula is C27H29NO3. The van der Waals surface area contributed by atoms with Crippen LogP contribution in [0.1, 0.15) is 60.4 Å². The van der Waals surface area contributed by atoms with E-state index in [-0.39, 0.29) is 18.4 Å². The van der Waals surface area contributed by atoms with Crippen molar-refractivity contribution < 1.29 is 14.3 Å². The van der Waals surface area contributed by atoms with Gasteiger partial charge in [0.1, 0.15) is 11.3 Å². The predicted molar refractivity (Wildman–Crippen MR) is 123 cm³/mol. The van der Waals surface area contributed by atoms with Crippen LogP contribution in [0.5, 0.6) is 5.75 Å². The topological polar surface area (TPSA) is 61.5 Å². The lowest BCUT2D eigenvalue weighted by molar-refractivity contribution is -0.139. The third-order valence-electron chi connectivity index (χ3n) is 6.06. The van der Waals surface area contributed by atoms with Crippen LogP contribution in [-0.2, 0) is 9.53 Å². The summed E-state index contributed by atoms with van der Waals surface area (Å²) in [5, 5.41) is 0. The van der Waals surface area contributed by atoms with Crippen molar-refractivity contribution in [3.63, 3.8) is 0 Å². The highest BCUT2D eigenvalue weighted by Gasteiger charge is 2.37. The smallest absolute Gasteiger partial charge is 0.340 e. The molecule has 31 heavy (non-hydrogen) atoms. The van der Waals surface area contributed by atoms with Gasteiger partial charge in [-0.3, -0.25) is 0 Å². The molecule has 1 aromatic rings. The Morgan fingerprint density at radius 1 is 1.06 bits per heavy atom. The zero-order chi connectivity index (χ0) is 22.3. The molecule has 1 unspecified atom stereocenters. The van der Waals surface area contributed by atoms with Gasteiger partial charge in [-0.25, -0.2) is 4.79 Å². The summed E-state index contributed by atoms with van der Waals surface area (Å²) in [7, 11) is 0. The Balaban J connectivity index is 2.00. The molecule has 0 amide bonds. The average Bonchev–Trinajstić information content (AvgIpc) is 2.93. The standard InChI is InChI=1S/C27H29NO3/c1-6-30-27(29)25-24(19-9-7-8-10-22(19)31-26(25)28)21-13-17(5)20-14-18(15(2)3)12-11-16(4)23(20)21/h7-15,24H,6,28H2,1-5H3. The Bertz CT molecular complexity index is 1160. The van der Waals surface area contributed by atoms with Crippen molar-refractivity contribution in [3.8, 4) is 16.9 Å². The monoisotopic (exact) mass is 415 g/mol. The number of ether oxygens (including phenoxy) is 2. The summed E-state index contributed by atoms with van der Waals surface area (Å²) >= 11 is 0. The lowest BCUT2D eigenvalue weighted by Crippen LogP contribution is -2.27. The van der Waals surface area contributed by atoms with E-state index in [0.717, 1.165) is 22.3 Å². The number of nitrogens with two attached hydrogens (primary N) is 1. The van der Waals surface area contributed by atoms with Gasteiger partial charge in [-0.05, 0) is 66.1 Å². The molecule has 2 aliphatic carbocycles. The minimum absolute atomic E-state index is 0.106. The van der Waals surface area contributed by atoms with E-state index >= 15 is 0 Å². The van der Waals surface area contributed by atoms with Gasteiger partial charge in [-0.15, -0.1) is 0 Å². The van der Waals surface area contributed by atoms with Crippen LogP contribution in [-0.4, -0.2) is 12.6 Å². The van der Waals surface area contributed by atoms with Gasteiger partial charge in [0.25, 0.3) is 0 Å². The third-order valence-corrected chi connectivity index (χ3v) is 6.06. The number of carbonyl (C=O) groups is 1. The van der Waals surface area contributed by atoms with Crippen LogP contribution >= 0.6 is 0 Å². The first-order valence-corrected chi connectivity index (χ1v) is 10.8. The van der Waals surface area contributed by atoms with Gasteiger partial charge in [0.2, 0.25) is 5.88 Å². The largest absolute Gasteiger partial charge is 0.462 e. The zero-order valence-electron chi connectivity index (χ0n) is 18.8. The van der Waals surface area contributed by atoms with Crippen molar-refractivity contribution in [3.05, 3.63) is 87.8 Å². The Morgan fingerprint density at radius 2 is 1.81 bits per heavy atom. The second-order valence-corrected chi connectivity index (χ2v) is 8.46. The van der Waals surface area contributed by atoms with E-state index in [4.69, 9.17) is 15.2 Å². The summed E-state index contributed by atoms with van der Waals surface area (Å²) in [4.78, 5) is 13.0. The van der Waals surface area contributed by atoms with Crippen molar-refractivity contribution in [2.24, 2.45) is 5.73 Å². The molecule has 0 fully saturated rings. The van der Waals surface area contributed by atoms with Crippen molar-refractivity contribution >= 4 is 5.97 Å². The quantitative estimate of drug-likeness (QED) is 0.548. The van der Waals surface area contributed by atoms with E-state index in [1.807, 2.05) is 24.3 Å². The molecule has 0 saturated heterocycles. The Hall–Kier alpha value is -3.27. The maximum Gasteiger partial charge on any atom is 0.340 e. The minimum Gasteiger partial charge on any atom is -0.462 e. The molecule has 2 N–H and O–H groups in total. The molecule has 160 valence electrons. The van der Waals surface area contributed by atoms with E-state index in [1.54, 1.807) is 6.92 Å². The number of esters is 1. The van der Waals surface area contributed by atoms with Crippen LogP contribution in [0.4, 0.5) is 0 Å². The van der Waals surface area contributed by atoms with Crippen molar-refractivity contribution in [1.29, 1.82) is 0 Å². The van der Waals surface area contributed by atoms with Crippen LogP contribution in [0.15, 0.2) is 60.0 Å². The predicted octanol–water partition coefficient (Wildman–Crippen LogP) is 5.79. The number of hydrogen-bond donors (Lipinski definition) is 1. The zero-order valence-corrected chi connectivity index (χ0v) is 18.8. The number of benzene rings is 1. The maximum absolute atomic E-state index is 13.0. The van der Waals surface area contributed by atoms with E-state index in [2.05, 4.69) is 52.0 Å². The lowest BCUT2D eigenvalue weighted by atomic mass is 9.81. The molecule has 0 bridgehead atoms. The molecule has 0 aromatic heterocycles. The summed E-state index contributed by atoms with van der Waals surface area (Å²) in [6.45, 7) is 10.7. The Labute approximate surface area is 184 Å². The van der Waals surface area contributed by atoms with E-state index < -0.39 is 5.97 Å². The number of aryl methyl sites for hydroxylation is 2. The highest BCUT2D eigenvalue weighted by molar-refractivity contribution is 5.94. The van der Waals surface area contributed by atoms with Gasteiger partial charge in [-0.1, -0.05) is 56.3 Å². The average molecular weight is 416 g/mol. The van der Waals surface area contributed by atoms with Gasteiger partial charge in [0.05, 0.1) is 12.5 Å². The first kappa shape index (κ1) is 21.0. The first-order valence-electron chi connectivity index (χ1n) is 10.8. The van der Waals surface area contributed by atoms with Gasteiger partial charge in [0.15, 0.2) is 0 Å². The highest BCUT2D eigenvalue weighted by Crippen LogP contribution is 2.48. The number of hydrogen-bond acceptors (Lipinski definition) is 4. The highest BCUT2D eigenvalue weighted by atomic mass is 16.5. The second kappa shape index (κ2) is 8.10. The molecule has 1 heterocycles. The summed E-state index contributed by atoms with van der Waals surface area (Å²) in [6, 6.07) is 16.6. The first-order chi connectivity index (χ1) is 14.8. The number of para-hydroxylation sites is 1. The summed E-state index contributed by atoms with van der Waals surface area (Å²) in [6.07, 6.45) is 0. The Morgan fingerprint density at radius 3 is 2.52 bits per heavy atom. The number of rotatable bonds is 4. The molecule has 0 spiro atoms. The van der Waals surface area contributed by atoms with E-state index in [0.29, 0.717) is 17.2 Å². The van der Waals surface area contributed by atoms with Crippen LogP contribution in [0.2, 0.25) is 0 Å². The van der Waals surface area contributed by atoms with Crippen LogP contribution in [0.3, 0.4) is 0 Å². The van der Waals surface area contributed by atoms with Gasteiger partial charge >= 0.3 is 5.97 Å². The molecule has 4 rings (SSSR count). The molecule has 3 aliphatic rings. The summed E-state index contributed by atoms with van der Waals surface area (Å²) < 4.78 is 11.2. The van der Waals surface area contributed by atoms with Gasteiger partial charge < -0.3 is 15.2 Å². The van der Waals surface area contributed by atoms with Crippen LogP contribution < -0.4 is 10.5 Å². The number of carbonyl (C=O) groups excluding carboxylic acids is 1. The Kier molecular flexibility index (Phi) is 5.48. The lowest BCUT2D eigenvalue weighted by Gasteiger charge is -2.28. The van der Waals surface area contributed by atoms with Crippen molar-refractivity contribution in [1.82, 2.24) is 0 Å². The third kappa shape index (κ3) is 3.56. The molecule has 4 nitrogen and oxygen atoms in total. The van der Waals surface area contributed by atoms with Crippen LogP contribution in [0, 0.1) is 13.8 Å². The minimum atomic E-state index is -0.438. The van der Waals surface area contributed by atoms with Gasteiger partial charge in [0, 0.05) is 5.56 Å². The second-order valence-electron chi connectivity index (χ2n) is 8.46. The van der Waals surface area contributed by atoms with Gasteiger partial charge in [-0.2, -0.15) is 0 Å². The molecule has 4 heteroatoms. The normalized spacial score (nSPS) is 15.7. The maximum atomic E-state index is 13.0. The molecule has 1 aromatic carbocycles. The van der Waals surface area contributed by atoms with E-state index in [9.17, 15) is 4.79 Å². The molecular weight excluding hydrogens is 386 g/mol. The fraction of sp³-hybridized carbons (Fsp3) is 0.296. The molecule has 0 radical (unpaired) electrons. The van der Waals surface area contributed by atoms with Crippen molar-refractivity contribution in [2.75, 3.05) is 6.61 Å². The van der Waals surface area contributed by atoms with E-state index in [1.165, 1.54) is 16.7 Å². The summed E-state index contributed by atoms with van der Waals surface area (Å²) in [5.74, 6) is 0.402. The molecule has 1 atom stereocenters. The van der Waals surface area contributed by atoms with Crippen LogP contribution in [0.25, 0.3) is 11.1 Å². The molecule has 0 saturated carbocycles. The molecule has 1 aliphatic heterocycles. The number of fused-ring (bicyclic) bond motifs is 2.